The maximum Gasteiger partial charge on any atom is 0.303 e. The number of nitrogens with zero attached hydrogens (tertiary/aromatic N) is 3. The molecule has 31 heavy (non-hydrogen) atoms. The van der Waals surface area contributed by atoms with E-state index in [-0.39, 0.29) is 36.5 Å². The molecule has 1 aromatic carbocycles. The summed E-state index contributed by atoms with van der Waals surface area (Å²) in [5.74, 6) is -1.62. The van der Waals surface area contributed by atoms with Crippen molar-refractivity contribution in [2.45, 2.75) is 25.4 Å². The van der Waals surface area contributed by atoms with Gasteiger partial charge >= 0.3 is 5.97 Å². The molecule has 0 aliphatic heterocycles. The van der Waals surface area contributed by atoms with Crippen molar-refractivity contribution in [2.75, 3.05) is 11.1 Å². The minimum atomic E-state index is -1.06. The Morgan fingerprint density at radius 1 is 1.23 bits per heavy atom. The zero-order valence-corrected chi connectivity index (χ0v) is 16.1. The Labute approximate surface area is 174 Å². The van der Waals surface area contributed by atoms with Crippen LogP contribution in [-0.2, 0) is 16.1 Å². The van der Waals surface area contributed by atoms with Gasteiger partial charge in [-0.15, -0.1) is 0 Å². The number of benzene rings is 1. The summed E-state index contributed by atoms with van der Waals surface area (Å²) in [6, 6.07) is 5.38. The van der Waals surface area contributed by atoms with E-state index in [0.717, 1.165) is 0 Å². The van der Waals surface area contributed by atoms with Crippen LogP contribution < -0.4 is 21.9 Å². The first-order valence-corrected chi connectivity index (χ1v) is 9.11. The normalized spacial score (nSPS) is 11.6. The van der Waals surface area contributed by atoms with Gasteiger partial charge < -0.3 is 21.5 Å². The van der Waals surface area contributed by atoms with Crippen LogP contribution >= 0.6 is 0 Å². The first-order valence-electron chi connectivity index (χ1n) is 9.11. The summed E-state index contributed by atoms with van der Waals surface area (Å²) in [5, 5.41) is 14.2. The average Bonchev–Trinajstić information content (AvgIpc) is 2.75. The molecule has 0 aliphatic rings. The average molecular weight is 424 g/mol. The molecule has 12 heteroatoms. The monoisotopic (exact) mass is 424 g/mol. The molecule has 0 spiro atoms. The summed E-state index contributed by atoms with van der Waals surface area (Å²) < 4.78 is 0. The number of anilines is 2. The van der Waals surface area contributed by atoms with Crippen molar-refractivity contribution >= 4 is 41.0 Å². The van der Waals surface area contributed by atoms with E-state index >= 15 is 0 Å². The standard InChI is InChI=1S/C19H18N7O5/c20-19-25-16-15(18(31)26-19)23-13(8-22-16)7-21-11-3-1-10(2-4-11)17(30)24-12(9-27)5-6-14(28)29/h1-4,8,12,21H,5-7H2,(H,24,30)(H,28,29)(H3,20,22,25,26,31)/t12-/m0/s1. The SMILES string of the molecule is Nc1nc2ncc(CNc3ccc(C(=O)N[C@H]([C]=O)CCC(=O)O)cc3)nc2c(=O)[nH]1. The Kier molecular flexibility index (Phi) is 6.50. The number of nitrogen functional groups attached to an aromatic ring is 1. The van der Waals surface area contributed by atoms with Crippen LogP contribution in [0.3, 0.4) is 0 Å². The van der Waals surface area contributed by atoms with E-state index in [0.29, 0.717) is 16.9 Å². The number of amides is 1. The number of aromatic amines is 1. The number of nitrogens with two attached hydrogens (primary N) is 1. The molecule has 12 nitrogen and oxygen atoms in total. The number of aliphatic carboxylic acids is 1. The lowest BCUT2D eigenvalue weighted by atomic mass is 10.1. The molecule has 2 heterocycles. The van der Waals surface area contributed by atoms with Crippen LogP contribution in [0.5, 0.6) is 0 Å². The highest BCUT2D eigenvalue weighted by atomic mass is 16.4. The predicted octanol–water partition coefficient (Wildman–Crippen LogP) is -0.0197. The topological polar surface area (TPSA) is 193 Å². The highest BCUT2D eigenvalue weighted by molar-refractivity contribution is 5.96. The molecule has 0 bridgehead atoms. The van der Waals surface area contributed by atoms with Crippen LogP contribution in [0.4, 0.5) is 11.6 Å². The van der Waals surface area contributed by atoms with Gasteiger partial charge in [0.25, 0.3) is 11.5 Å². The zero-order valence-electron chi connectivity index (χ0n) is 16.1. The molecule has 1 radical (unpaired) electrons. The van der Waals surface area contributed by atoms with Crippen molar-refractivity contribution in [3.05, 3.63) is 52.1 Å². The second-order valence-electron chi connectivity index (χ2n) is 6.49. The number of fused-ring (bicyclic) bond motifs is 1. The second-order valence-corrected chi connectivity index (χ2v) is 6.49. The number of hydrogen-bond donors (Lipinski definition) is 5. The van der Waals surface area contributed by atoms with Crippen LogP contribution in [0.15, 0.2) is 35.3 Å². The Balaban J connectivity index is 1.61. The number of H-pyrrole nitrogens is 1. The summed E-state index contributed by atoms with van der Waals surface area (Å²) in [4.78, 5) is 60.2. The molecule has 159 valence electrons. The van der Waals surface area contributed by atoms with E-state index < -0.39 is 23.5 Å². The second kappa shape index (κ2) is 9.43. The van der Waals surface area contributed by atoms with Gasteiger partial charge in [0.15, 0.2) is 11.2 Å². The molecule has 0 aliphatic carbocycles. The van der Waals surface area contributed by atoms with Gasteiger partial charge in [-0.05, 0) is 30.7 Å². The number of carboxylic acid groups (broad SMARTS) is 1. The number of carbonyl (C=O) groups is 2. The molecule has 0 saturated heterocycles. The van der Waals surface area contributed by atoms with Gasteiger partial charge in [0.05, 0.1) is 24.5 Å². The van der Waals surface area contributed by atoms with Crippen LogP contribution in [0, 0.1) is 0 Å². The van der Waals surface area contributed by atoms with Gasteiger partial charge in [0, 0.05) is 17.7 Å². The first-order chi connectivity index (χ1) is 14.9. The Hall–Kier alpha value is -4.35. The van der Waals surface area contributed by atoms with Crippen molar-refractivity contribution < 1.29 is 19.5 Å². The molecule has 0 fully saturated rings. The van der Waals surface area contributed by atoms with Crippen LogP contribution in [0.1, 0.15) is 28.9 Å². The summed E-state index contributed by atoms with van der Waals surface area (Å²) in [7, 11) is 0. The van der Waals surface area contributed by atoms with Crippen molar-refractivity contribution in [3.63, 3.8) is 0 Å². The van der Waals surface area contributed by atoms with Gasteiger partial charge in [-0.1, -0.05) is 0 Å². The summed E-state index contributed by atoms with van der Waals surface area (Å²) in [5.41, 5.74) is 6.67. The quantitative estimate of drug-likeness (QED) is 0.312. The maximum atomic E-state index is 12.2. The molecule has 6 N–H and O–H groups in total. The smallest absolute Gasteiger partial charge is 0.303 e. The van der Waals surface area contributed by atoms with Gasteiger partial charge in [-0.25, -0.2) is 9.97 Å². The largest absolute Gasteiger partial charge is 0.481 e. The molecule has 0 saturated carbocycles. The third-order valence-electron chi connectivity index (χ3n) is 4.20. The number of aromatic nitrogens is 4. The molecule has 0 unspecified atom stereocenters. The van der Waals surface area contributed by atoms with Gasteiger partial charge in [-0.2, -0.15) is 4.98 Å². The number of hydrogen-bond acceptors (Lipinski definition) is 9. The Morgan fingerprint density at radius 2 is 1.97 bits per heavy atom. The third kappa shape index (κ3) is 5.59. The van der Waals surface area contributed by atoms with Crippen molar-refractivity contribution in [3.8, 4) is 0 Å². The Bertz CT molecular complexity index is 1180. The van der Waals surface area contributed by atoms with E-state index in [1.54, 1.807) is 30.6 Å². The van der Waals surface area contributed by atoms with Crippen molar-refractivity contribution in [1.29, 1.82) is 0 Å². The van der Waals surface area contributed by atoms with E-state index in [4.69, 9.17) is 10.8 Å². The number of carbonyl (C=O) groups excluding carboxylic acids is 2. The zero-order chi connectivity index (χ0) is 22.4. The summed E-state index contributed by atoms with van der Waals surface area (Å²) >= 11 is 0. The molecule has 1 atom stereocenters. The van der Waals surface area contributed by atoms with E-state index in [9.17, 15) is 19.2 Å². The third-order valence-corrected chi connectivity index (χ3v) is 4.20. The molecular weight excluding hydrogens is 406 g/mol. The number of carboxylic acids is 1. The van der Waals surface area contributed by atoms with Crippen molar-refractivity contribution in [2.24, 2.45) is 0 Å². The predicted molar refractivity (Wildman–Crippen MR) is 110 cm³/mol. The number of rotatable bonds is 9. The van der Waals surface area contributed by atoms with Crippen LogP contribution in [0.25, 0.3) is 11.2 Å². The highest BCUT2D eigenvalue weighted by Crippen LogP contribution is 2.12. The lowest BCUT2D eigenvalue weighted by Gasteiger charge is -2.11. The van der Waals surface area contributed by atoms with Gasteiger partial charge in [0.1, 0.15) is 0 Å². The van der Waals surface area contributed by atoms with Gasteiger partial charge in [0.2, 0.25) is 12.2 Å². The summed E-state index contributed by atoms with van der Waals surface area (Å²) in [6.45, 7) is 0.260. The molecule has 1 amide bonds. The van der Waals surface area contributed by atoms with E-state index in [1.807, 2.05) is 0 Å². The number of nitrogens with one attached hydrogen (secondary N) is 3. The molecule has 2 aromatic heterocycles. The minimum Gasteiger partial charge on any atom is -0.481 e. The van der Waals surface area contributed by atoms with E-state index in [2.05, 4.69) is 30.6 Å². The van der Waals surface area contributed by atoms with Gasteiger partial charge in [-0.3, -0.25) is 24.2 Å². The fourth-order valence-electron chi connectivity index (χ4n) is 2.66. The molecule has 3 rings (SSSR count). The molecular formula is C19H18N7O5. The first kappa shape index (κ1) is 21.4. The van der Waals surface area contributed by atoms with Crippen molar-refractivity contribution in [1.82, 2.24) is 25.3 Å². The van der Waals surface area contributed by atoms with E-state index in [1.165, 1.54) is 6.20 Å². The fraction of sp³-hybridized carbons (Fsp3) is 0.211. The maximum absolute atomic E-state index is 12.2. The van der Waals surface area contributed by atoms with Crippen LogP contribution in [0.2, 0.25) is 0 Å². The Morgan fingerprint density at radius 3 is 2.65 bits per heavy atom. The fourth-order valence-corrected chi connectivity index (χ4v) is 2.66. The minimum absolute atomic E-state index is 0.0397. The lowest BCUT2D eigenvalue weighted by Crippen LogP contribution is -2.36. The lowest BCUT2D eigenvalue weighted by molar-refractivity contribution is -0.137. The van der Waals surface area contributed by atoms with Crippen LogP contribution in [-0.4, -0.2) is 49.2 Å². The summed E-state index contributed by atoms with van der Waals surface area (Å²) in [6.07, 6.45) is 2.80. The molecule has 3 aromatic rings. The highest BCUT2D eigenvalue weighted by Gasteiger charge is 2.15.